The molecule has 1 aliphatic heterocycles. The predicted molar refractivity (Wildman–Crippen MR) is 143 cm³/mol. The molecule has 1 saturated carbocycles. The molecule has 1 amide bonds. The lowest BCUT2D eigenvalue weighted by atomic mass is 9.71. The molecule has 4 heterocycles. The Morgan fingerprint density at radius 2 is 2.03 bits per heavy atom. The van der Waals surface area contributed by atoms with Gasteiger partial charge < -0.3 is 20.4 Å². The molecule has 194 valence electrons. The predicted octanol–water partition coefficient (Wildman–Crippen LogP) is 3.95. The fourth-order valence-electron chi connectivity index (χ4n) is 6.74. The number of anilines is 1. The Balaban J connectivity index is 1.52. The molecule has 3 atom stereocenters. The standard InChI is InChI=1S/C26H30ClN7O3/c1-25(2,3)26-9-8-13(20(26)37-23(28)36)11-34(26)24-30-21-18(22(35)33(24)5)15(10-29-21)14-6-7-17-16(19(14)27)12-32(4)31-17/h6-7,10,12-13,20,29H,8-9,11H2,1-5H3,(H2,28,36)/t13-,20-,26+/m0/s1. The molecule has 0 unspecified atom stereocenters. The van der Waals surface area contributed by atoms with Crippen LogP contribution in [0.4, 0.5) is 10.7 Å². The molecule has 3 aromatic heterocycles. The van der Waals surface area contributed by atoms with Gasteiger partial charge in [-0.25, -0.2) is 4.79 Å². The number of nitrogens with zero attached hydrogens (tertiary/aromatic N) is 5. The zero-order valence-corrected chi connectivity index (χ0v) is 22.3. The monoisotopic (exact) mass is 523 g/mol. The van der Waals surface area contributed by atoms with Gasteiger partial charge in [0.2, 0.25) is 5.95 Å². The van der Waals surface area contributed by atoms with Gasteiger partial charge in [0.05, 0.1) is 21.5 Å². The molecule has 0 spiro atoms. The average molecular weight is 524 g/mol. The zero-order valence-electron chi connectivity index (χ0n) is 21.5. The molecule has 1 saturated heterocycles. The van der Waals surface area contributed by atoms with E-state index in [1.54, 1.807) is 22.5 Å². The Morgan fingerprint density at radius 3 is 2.73 bits per heavy atom. The molecule has 11 heteroatoms. The third-order valence-electron chi connectivity index (χ3n) is 8.40. The summed E-state index contributed by atoms with van der Waals surface area (Å²) in [4.78, 5) is 36.0. The number of carbonyl (C=O) groups excluding carboxylic acids is 1. The second kappa shape index (κ2) is 7.74. The Kier molecular flexibility index (Phi) is 4.99. The number of benzene rings is 1. The lowest BCUT2D eigenvalue weighted by Gasteiger charge is -2.50. The molecule has 1 aliphatic carbocycles. The summed E-state index contributed by atoms with van der Waals surface area (Å²) in [5, 5.41) is 6.24. The van der Waals surface area contributed by atoms with Crippen LogP contribution in [0, 0.1) is 11.3 Å². The number of piperidine rings is 1. The van der Waals surface area contributed by atoms with Crippen LogP contribution < -0.4 is 16.2 Å². The molecule has 6 rings (SSSR count). The van der Waals surface area contributed by atoms with Gasteiger partial charge in [-0.2, -0.15) is 10.1 Å². The summed E-state index contributed by atoms with van der Waals surface area (Å²) in [5.41, 5.74) is 7.17. The van der Waals surface area contributed by atoms with Gasteiger partial charge in [-0.3, -0.25) is 14.0 Å². The van der Waals surface area contributed by atoms with Crippen LogP contribution in [0.3, 0.4) is 0 Å². The lowest BCUT2D eigenvalue weighted by molar-refractivity contribution is 0.0273. The molecule has 37 heavy (non-hydrogen) atoms. The number of halogens is 1. The van der Waals surface area contributed by atoms with E-state index in [9.17, 15) is 9.59 Å². The Hall–Kier alpha value is -3.53. The van der Waals surface area contributed by atoms with Crippen LogP contribution in [-0.4, -0.2) is 48.6 Å². The lowest BCUT2D eigenvalue weighted by Crippen LogP contribution is -2.60. The number of H-pyrrole nitrogens is 1. The number of hydrogen-bond donors (Lipinski definition) is 2. The van der Waals surface area contributed by atoms with Gasteiger partial charge in [-0.15, -0.1) is 0 Å². The first-order valence-corrected chi connectivity index (χ1v) is 12.8. The van der Waals surface area contributed by atoms with E-state index in [2.05, 4.69) is 35.8 Å². The number of aromatic amines is 1. The summed E-state index contributed by atoms with van der Waals surface area (Å²) in [7, 11) is 3.58. The highest BCUT2D eigenvalue weighted by Crippen LogP contribution is 2.57. The smallest absolute Gasteiger partial charge is 0.404 e. The van der Waals surface area contributed by atoms with Crippen molar-refractivity contribution in [3.8, 4) is 11.1 Å². The van der Waals surface area contributed by atoms with Gasteiger partial charge in [0, 0.05) is 55.5 Å². The number of hydrogen-bond acceptors (Lipinski definition) is 6. The number of nitrogens with one attached hydrogen (secondary N) is 1. The van der Waals surface area contributed by atoms with Crippen molar-refractivity contribution in [3.05, 3.63) is 39.9 Å². The summed E-state index contributed by atoms with van der Waals surface area (Å²) >= 11 is 6.79. The molecular weight excluding hydrogens is 494 g/mol. The summed E-state index contributed by atoms with van der Waals surface area (Å²) < 4.78 is 9.01. The number of aromatic nitrogens is 5. The molecule has 3 N–H and O–H groups in total. The van der Waals surface area contributed by atoms with Crippen molar-refractivity contribution < 1.29 is 9.53 Å². The van der Waals surface area contributed by atoms with E-state index >= 15 is 0 Å². The number of fused-ring (bicyclic) bond motifs is 4. The van der Waals surface area contributed by atoms with Crippen molar-refractivity contribution in [3.63, 3.8) is 0 Å². The number of carbonyl (C=O) groups is 1. The quantitative estimate of drug-likeness (QED) is 0.419. The topological polar surface area (TPSA) is 124 Å². The minimum Gasteiger partial charge on any atom is -0.443 e. The Bertz CT molecular complexity index is 1650. The minimum atomic E-state index is -0.777. The molecule has 1 aromatic carbocycles. The fourth-order valence-corrected chi connectivity index (χ4v) is 7.05. The second-order valence-corrected chi connectivity index (χ2v) is 11.7. The first-order valence-electron chi connectivity index (χ1n) is 12.4. The van der Waals surface area contributed by atoms with Crippen molar-refractivity contribution >= 4 is 45.6 Å². The van der Waals surface area contributed by atoms with Crippen LogP contribution >= 0.6 is 11.6 Å². The van der Waals surface area contributed by atoms with E-state index in [1.165, 1.54) is 0 Å². The van der Waals surface area contributed by atoms with Crippen LogP contribution in [0.25, 0.3) is 33.1 Å². The molecule has 10 nitrogen and oxygen atoms in total. The van der Waals surface area contributed by atoms with Gasteiger partial charge in [0.15, 0.2) is 0 Å². The number of aryl methyl sites for hydroxylation is 1. The molecule has 2 fully saturated rings. The summed E-state index contributed by atoms with van der Waals surface area (Å²) in [6.45, 7) is 7.01. The highest BCUT2D eigenvalue weighted by molar-refractivity contribution is 6.38. The number of nitrogens with two attached hydrogens (primary N) is 1. The van der Waals surface area contributed by atoms with Crippen molar-refractivity contribution in [2.24, 2.45) is 31.2 Å². The van der Waals surface area contributed by atoms with Gasteiger partial charge in [-0.05, 0) is 24.3 Å². The molecule has 2 aliphatic rings. The normalized spacial score (nSPS) is 23.5. The van der Waals surface area contributed by atoms with Crippen molar-refractivity contribution in [2.45, 2.75) is 45.3 Å². The maximum Gasteiger partial charge on any atom is 0.404 e. The van der Waals surface area contributed by atoms with Gasteiger partial charge in [0.25, 0.3) is 5.56 Å². The van der Waals surface area contributed by atoms with Crippen molar-refractivity contribution in [1.82, 2.24) is 24.3 Å². The van der Waals surface area contributed by atoms with Gasteiger partial charge in [0.1, 0.15) is 11.8 Å². The Labute approximate surface area is 218 Å². The first-order chi connectivity index (χ1) is 17.4. The maximum absolute atomic E-state index is 13.9. The number of amides is 1. The zero-order chi connectivity index (χ0) is 26.4. The highest BCUT2D eigenvalue weighted by atomic mass is 35.5. The number of ether oxygens (including phenoxy) is 1. The van der Waals surface area contributed by atoms with Gasteiger partial charge >= 0.3 is 6.09 Å². The second-order valence-electron chi connectivity index (χ2n) is 11.3. The minimum absolute atomic E-state index is 0.114. The largest absolute Gasteiger partial charge is 0.443 e. The summed E-state index contributed by atoms with van der Waals surface area (Å²) in [5.74, 6) is 0.651. The maximum atomic E-state index is 13.9. The molecule has 0 radical (unpaired) electrons. The van der Waals surface area contributed by atoms with E-state index in [-0.39, 0.29) is 23.0 Å². The highest BCUT2D eigenvalue weighted by Gasteiger charge is 2.66. The van der Waals surface area contributed by atoms with Crippen LogP contribution in [0.1, 0.15) is 33.6 Å². The van der Waals surface area contributed by atoms with E-state index in [0.717, 1.165) is 29.3 Å². The van der Waals surface area contributed by atoms with Crippen molar-refractivity contribution in [2.75, 3.05) is 11.4 Å². The fraction of sp³-hybridized carbons (Fsp3) is 0.462. The molecule has 2 bridgehead atoms. The number of rotatable bonds is 3. The van der Waals surface area contributed by atoms with E-state index in [1.807, 2.05) is 25.4 Å². The third kappa shape index (κ3) is 3.17. The third-order valence-corrected chi connectivity index (χ3v) is 8.80. The molecule has 4 aromatic rings. The Morgan fingerprint density at radius 1 is 1.27 bits per heavy atom. The average Bonchev–Trinajstić information content (AvgIpc) is 3.57. The van der Waals surface area contributed by atoms with E-state index in [0.29, 0.717) is 34.1 Å². The first kappa shape index (κ1) is 23.8. The van der Waals surface area contributed by atoms with Crippen LogP contribution in [0.2, 0.25) is 5.02 Å². The van der Waals surface area contributed by atoms with Crippen LogP contribution in [0.5, 0.6) is 0 Å². The van der Waals surface area contributed by atoms with E-state index in [4.69, 9.17) is 27.1 Å². The van der Waals surface area contributed by atoms with Crippen LogP contribution in [0.15, 0.2) is 29.3 Å². The molecular formula is C26H30ClN7O3. The van der Waals surface area contributed by atoms with Gasteiger partial charge in [-0.1, -0.05) is 38.4 Å². The summed E-state index contributed by atoms with van der Waals surface area (Å²) in [6.07, 6.45) is 4.22. The SMILES string of the molecule is Cn1cc2c(Cl)c(-c3c[nH]c4nc(N5C[C@@H]6CC[C@]5(C(C)(C)C)[C@H]6OC(N)=O)n(C)c(=O)c34)ccc2n1. The number of primary amides is 1. The van der Waals surface area contributed by atoms with Crippen molar-refractivity contribution in [1.29, 1.82) is 0 Å². The van der Waals surface area contributed by atoms with E-state index < -0.39 is 11.6 Å². The summed E-state index contributed by atoms with van der Waals surface area (Å²) in [6, 6.07) is 3.78. The van der Waals surface area contributed by atoms with Crippen LogP contribution in [-0.2, 0) is 18.8 Å².